The zero-order valence-electron chi connectivity index (χ0n) is 8.62. The summed E-state index contributed by atoms with van der Waals surface area (Å²) in [5.74, 6) is 0.469. The van der Waals surface area contributed by atoms with Gasteiger partial charge in [-0.2, -0.15) is 13.1 Å². The van der Waals surface area contributed by atoms with E-state index in [9.17, 15) is 13.2 Å². The van der Waals surface area contributed by atoms with Crippen molar-refractivity contribution < 1.29 is 17.9 Å². The first-order chi connectivity index (χ1) is 6.91. The molecule has 1 amide bonds. The molecule has 0 aliphatic carbocycles. The third-order valence-corrected chi connectivity index (χ3v) is 2.95. The van der Waals surface area contributed by atoms with Gasteiger partial charge in [0, 0.05) is 11.9 Å². The van der Waals surface area contributed by atoms with Crippen LogP contribution in [0.25, 0.3) is 0 Å². The monoisotopic (exact) mass is 258 g/mol. The van der Waals surface area contributed by atoms with Gasteiger partial charge in [-0.3, -0.25) is 0 Å². The molecule has 0 saturated heterocycles. The number of amides is 1. The smallest absolute Gasteiger partial charge is 0.421 e. The topological polar surface area (TPSA) is 84.5 Å². The van der Waals surface area contributed by atoms with Crippen LogP contribution < -0.4 is 9.44 Å². The molecule has 0 aromatic heterocycles. The average Bonchev–Trinajstić information content (AvgIpc) is 2.12. The molecule has 0 radical (unpaired) electrons. The standard InChI is InChI=1S/C7H15ClN2O4S/c1-6(4-3-5-8)9-15(12,13)10-7(11)14-2/h6,9H,3-5H2,1-2H3,(H,10,11). The van der Waals surface area contributed by atoms with Crippen LogP contribution in [-0.4, -0.2) is 33.5 Å². The van der Waals surface area contributed by atoms with Crippen molar-refractivity contribution in [1.82, 2.24) is 9.44 Å². The number of rotatable bonds is 6. The highest BCUT2D eigenvalue weighted by molar-refractivity contribution is 7.88. The Morgan fingerprint density at radius 1 is 1.53 bits per heavy atom. The molecule has 0 saturated carbocycles. The maximum atomic E-state index is 11.2. The fourth-order valence-electron chi connectivity index (χ4n) is 0.888. The van der Waals surface area contributed by atoms with Crippen LogP contribution in [0.1, 0.15) is 19.8 Å². The van der Waals surface area contributed by atoms with Crippen LogP contribution in [0, 0.1) is 0 Å². The molecule has 0 aromatic rings. The maximum absolute atomic E-state index is 11.2. The molecule has 15 heavy (non-hydrogen) atoms. The summed E-state index contributed by atoms with van der Waals surface area (Å²) in [7, 11) is -2.76. The zero-order chi connectivity index (χ0) is 11.9. The van der Waals surface area contributed by atoms with Gasteiger partial charge >= 0.3 is 16.3 Å². The van der Waals surface area contributed by atoms with Crippen molar-refractivity contribution in [1.29, 1.82) is 0 Å². The number of carbonyl (C=O) groups is 1. The molecular weight excluding hydrogens is 244 g/mol. The molecule has 0 rings (SSSR count). The van der Waals surface area contributed by atoms with Gasteiger partial charge in [0.1, 0.15) is 0 Å². The van der Waals surface area contributed by atoms with E-state index >= 15 is 0 Å². The van der Waals surface area contributed by atoms with Gasteiger partial charge in [-0.05, 0) is 19.8 Å². The van der Waals surface area contributed by atoms with E-state index in [-0.39, 0.29) is 6.04 Å². The summed E-state index contributed by atoms with van der Waals surface area (Å²) in [6, 6.07) is -0.286. The van der Waals surface area contributed by atoms with Gasteiger partial charge < -0.3 is 4.74 Å². The molecule has 0 spiro atoms. The summed E-state index contributed by atoms with van der Waals surface area (Å²) < 4.78 is 30.5. The Morgan fingerprint density at radius 3 is 2.60 bits per heavy atom. The van der Waals surface area contributed by atoms with E-state index in [0.717, 1.165) is 7.11 Å². The summed E-state index contributed by atoms with van der Waals surface area (Å²) in [6.45, 7) is 1.68. The number of halogens is 1. The second-order valence-corrected chi connectivity index (χ2v) is 4.77. The maximum Gasteiger partial charge on any atom is 0.421 e. The van der Waals surface area contributed by atoms with Crippen molar-refractivity contribution in [3.05, 3.63) is 0 Å². The third-order valence-electron chi connectivity index (χ3n) is 1.53. The van der Waals surface area contributed by atoms with Gasteiger partial charge in [0.25, 0.3) is 0 Å². The van der Waals surface area contributed by atoms with Crippen LogP contribution in [0.2, 0.25) is 0 Å². The second-order valence-electron chi connectivity index (χ2n) is 2.95. The molecule has 1 unspecified atom stereocenters. The Morgan fingerprint density at radius 2 is 2.13 bits per heavy atom. The molecule has 0 bridgehead atoms. The van der Waals surface area contributed by atoms with Gasteiger partial charge in [-0.15, -0.1) is 11.6 Å². The van der Waals surface area contributed by atoms with E-state index in [0.29, 0.717) is 18.7 Å². The predicted octanol–water partition coefficient (Wildman–Crippen LogP) is 0.584. The molecule has 90 valence electrons. The lowest BCUT2D eigenvalue weighted by molar-refractivity contribution is 0.177. The Kier molecular flexibility index (Phi) is 6.62. The predicted molar refractivity (Wildman–Crippen MR) is 57.0 cm³/mol. The lowest BCUT2D eigenvalue weighted by atomic mass is 10.2. The minimum atomic E-state index is -3.84. The molecular formula is C7H15ClN2O4S. The molecule has 2 N–H and O–H groups in total. The summed E-state index contributed by atoms with van der Waals surface area (Å²) in [6.07, 6.45) is 0.279. The van der Waals surface area contributed by atoms with Gasteiger partial charge in [0.15, 0.2) is 0 Å². The largest absolute Gasteiger partial charge is 0.452 e. The Hall–Kier alpha value is -0.530. The normalized spacial score (nSPS) is 13.3. The van der Waals surface area contributed by atoms with Crippen molar-refractivity contribution in [3.8, 4) is 0 Å². The lowest BCUT2D eigenvalue weighted by Crippen LogP contribution is -2.44. The number of carbonyl (C=O) groups excluding carboxylic acids is 1. The number of hydrogen-bond acceptors (Lipinski definition) is 4. The number of methoxy groups -OCH3 is 1. The van der Waals surface area contributed by atoms with E-state index in [4.69, 9.17) is 11.6 Å². The summed E-state index contributed by atoms with van der Waals surface area (Å²) in [4.78, 5) is 10.6. The van der Waals surface area contributed by atoms with Crippen LogP contribution in [0.15, 0.2) is 0 Å². The molecule has 0 fully saturated rings. The van der Waals surface area contributed by atoms with Crippen LogP contribution in [0.3, 0.4) is 0 Å². The van der Waals surface area contributed by atoms with Gasteiger partial charge in [-0.1, -0.05) is 0 Å². The van der Waals surface area contributed by atoms with E-state index in [1.807, 2.05) is 0 Å². The first kappa shape index (κ1) is 14.5. The lowest BCUT2D eigenvalue weighted by Gasteiger charge is -2.13. The number of hydrogen-bond donors (Lipinski definition) is 2. The van der Waals surface area contributed by atoms with E-state index in [1.165, 1.54) is 0 Å². The zero-order valence-corrected chi connectivity index (χ0v) is 10.2. The fourth-order valence-corrected chi connectivity index (χ4v) is 2.05. The average molecular weight is 259 g/mol. The van der Waals surface area contributed by atoms with Crippen LogP contribution in [0.4, 0.5) is 4.79 Å². The van der Waals surface area contributed by atoms with Crippen molar-refractivity contribution in [2.24, 2.45) is 0 Å². The van der Waals surface area contributed by atoms with Crippen molar-refractivity contribution in [3.63, 3.8) is 0 Å². The summed E-state index contributed by atoms with van der Waals surface area (Å²) >= 11 is 5.46. The van der Waals surface area contributed by atoms with Crippen LogP contribution >= 0.6 is 11.6 Å². The van der Waals surface area contributed by atoms with Gasteiger partial charge in [-0.25, -0.2) is 9.52 Å². The van der Waals surface area contributed by atoms with Gasteiger partial charge in [0.05, 0.1) is 7.11 Å². The highest BCUT2D eigenvalue weighted by Gasteiger charge is 2.16. The van der Waals surface area contributed by atoms with Crippen molar-refractivity contribution in [2.75, 3.05) is 13.0 Å². The van der Waals surface area contributed by atoms with Gasteiger partial charge in [0.2, 0.25) is 0 Å². The Bertz CT molecular complexity index is 293. The van der Waals surface area contributed by atoms with Crippen LogP contribution in [0.5, 0.6) is 0 Å². The van der Waals surface area contributed by atoms with E-state index in [2.05, 4.69) is 9.46 Å². The quantitative estimate of drug-likeness (QED) is 0.683. The van der Waals surface area contributed by atoms with E-state index in [1.54, 1.807) is 11.6 Å². The highest BCUT2D eigenvalue weighted by Crippen LogP contribution is 1.99. The number of ether oxygens (including phenoxy) is 1. The Labute approximate surface area is 94.5 Å². The fraction of sp³-hybridized carbons (Fsp3) is 0.857. The van der Waals surface area contributed by atoms with Crippen molar-refractivity contribution >= 4 is 27.9 Å². The summed E-state index contributed by atoms with van der Waals surface area (Å²) in [5.41, 5.74) is 0. The first-order valence-corrected chi connectivity index (χ1v) is 6.37. The summed E-state index contributed by atoms with van der Waals surface area (Å²) in [5, 5.41) is 0. The molecule has 1 atom stereocenters. The van der Waals surface area contributed by atoms with Crippen LogP contribution in [-0.2, 0) is 14.9 Å². The Balaban J connectivity index is 4.08. The molecule has 0 aliphatic heterocycles. The number of nitrogens with one attached hydrogen (secondary N) is 2. The minimum Gasteiger partial charge on any atom is -0.452 e. The molecule has 0 aliphatic rings. The molecule has 0 aromatic carbocycles. The molecule has 0 heterocycles. The minimum absolute atomic E-state index is 0.286. The van der Waals surface area contributed by atoms with E-state index < -0.39 is 16.3 Å². The number of alkyl halides is 1. The molecule has 6 nitrogen and oxygen atoms in total. The molecule has 8 heteroatoms. The second kappa shape index (κ2) is 6.86. The van der Waals surface area contributed by atoms with Crippen molar-refractivity contribution in [2.45, 2.75) is 25.8 Å². The first-order valence-electron chi connectivity index (χ1n) is 4.35. The third kappa shape index (κ3) is 7.40. The SMILES string of the molecule is COC(=O)NS(=O)(=O)NC(C)CCCCl. The highest BCUT2D eigenvalue weighted by atomic mass is 35.5.